The number of carboxylic acid groups (broad SMARTS) is 1. The number of carboxylic acids is 1. The molecule has 3 fully saturated rings. The molecule has 23 heavy (non-hydrogen) atoms. The van der Waals surface area contributed by atoms with Gasteiger partial charge in [-0.2, -0.15) is 0 Å². The number of fused-ring (bicyclic) bond motifs is 3. The Morgan fingerprint density at radius 1 is 1.17 bits per heavy atom. The standard InChI is InChI=1S/C20H30O3/c1-18-7-3-8-19(2,17(22)23)15(18)6-9-20-10-13(4-5-16(18)20)14(11-20)12-21/h11,13,15-16,21H,3-10,12H2,1-2H3,(H,22,23)/t13?,15-,16-,18+,19+,20-/m0/s1. The lowest BCUT2D eigenvalue weighted by atomic mass is 9.41. The summed E-state index contributed by atoms with van der Waals surface area (Å²) in [5.74, 6) is 0.912. The summed E-state index contributed by atoms with van der Waals surface area (Å²) >= 11 is 0. The van der Waals surface area contributed by atoms with Crippen molar-refractivity contribution in [3.63, 3.8) is 0 Å². The monoisotopic (exact) mass is 318 g/mol. The van der Waals surface area contributed by atoms with Gasteiger partial charge in [0.2, 0.25) is 0 Å². The Kier molecular flexibility index (Phi) is 3.30. The van der Waals surface area contributed by atoms with Gasteiger partial charge < -0.3 is 10.2 Å². The van der Waals surface area contributed by atoms with E-state index >= 15 is 0 Å². The highest BCUT2D eigenvalue weighted by Crippen LogP contribution is 2.70. The Morgan fingerprint density at radius 2 is 1.96 bits per heavy atom. The first-order chi connectivity index (χ1) is 10.9. The number of hydrogen-bond acceptors (Lipinski definition) is 2. The van der Waals surface area contributed by atoms with Crippen LogP contribution in [0.5, 0.6) is 0 Å². The van der Waals surface area contributed by atoms with E-state index in [1.165, 1.54) is 31.3 Å². The SMILES string of the molecule is C[C@@]12CCC[C@@](C)(C(=O)O)[C@H]1CC[C@]13C=C(CO)C(CC[C@H]12)C3. The van der Waals surface area contributed by atoms with Crippen LogP contribution in [0.4, 0.5) is 0 Å². The maximum Gasteiger partial charge on any atom is 0.309 e. The topological polar surface area (TPSA) is 57.5 Å². The highest BCUT2D eigenvalue weighted by molar-refractivity contribution is 5.75. The Bertz CT molecular complexity index is 567. The van der Waals surface area contributed by atoms with Crippen LogP contribution in [-0.2, 0) is 4.79 Å². The van der Waals surface area contributed by atoms with Gasteiger partial charge in [0.1, 0.15) is 0 Å². The maximum absolute atomic E-state index is 12.0. The summed E-state index contributed by atoms with van der Waals surface area (Å²) in [4.78, 5) is 12.0. The van der Waals surface area contributed by atoms with Gasteiger partial charge in [-0.15, -0.1) is 0 Å². The molecule has 0 aromatic heterocycles. The average Bonchev–Trinajstić information content (AvgIpc) is 2.77. The molecule has 6 atom stereocenters. The van der Waals surface area contributed by atoms with Crippen LogP contribution >= 0.6 is 0 Å². The van der Waals surface area contributed by atoms with E-state index in [0.29, 0.717) is 17.8 Å². The Morgan fingerprint density at radius 3 is 2.65 bits per heavy atom. The molecule has 4 aliphatic rings. The maximum atomic E-state index is 12.0. The van der Waals surface area contributed by atoms with Crippen molar-refractivity contribution >= 4 is 5.97 Å². The van der Waals surface area contributed by atoms with Crippen LogP contribution < -0.4 is 0 Å². The fourth-order valence-electron chi connectivity index (χ4n) is 7.48. The molecule has 4 aliphatic carbocycles. The summed E-state index contributed by atoms with van der Waals surface area (Å²) in [7, 11) is 0. The molecule has 0 aromatic carbocycles. The van der Waals surface area contributed by atoms with Crippen LogP contribution in [0.3, 0.4) is 0 Å². The highest BCUT2D eigenvalue weighted by atomic mass is 16.4. The third-order valence-corrected chi connectivity index (χ3v) is 8.46. The van der Waals surface area contributed by atoms with E-state index < -0.39 is 11.4 Å². The molecule has 0 amide bonds. The van der Waals surface area contributed by atoms with Crippen molar-refractivity contribution in [2.75, 3.05) is 6.61 Å². The van der Waals surface area contributed by atoms with Gasteiger partial charge in [0, 0.05) is 0 Å². The van der Waals surface area contributed by atoms with Crippen molar-refractivity contribution in [2.45, 2.75) is 65.2 Å². The van der Waals surface area contributed by atoms with E-state index in [0.717, 1.165) is 25.7 Å². The smallest absolute Gasteiger partial charge is 0.309 e. The molecule has 0 radical (unpaired) electrons. The van der Waals surface area contributed by atoms with E-state index in [9.17, 15) is 15.0 Å². The zero-order chi connectivity index (χ0) is 16.5. The number of aliphatic hydroxyl groups excluding tert-OH is 1. The number of aliphatic hydroxyl groups is 1. The van der Waals surface area contributed by atoms with E-state index in [-0.39, 0.29) is 17.4 Å². The van der Waals surface area contributed by atoms with Gasteiger partial charge in [-0.25, -0.2) is 0 Å². The van der Waals surface area contributed by atoms with Gasteiger partial charge in [-0.3, -0.25) is 4.79 Å². The molecular weight excluding hydrogens is 288 g/mol. The van der Waals surface area contributed by atoms with E-state index in [1.54, 1.807) is 0 Å². The Hall–Kier alpha value is -0.830. The minimum Gasteiger partial charge on any atom is -0.481 e. The number of rotatable bonds is 2. The Labute approximate surface area is 139 Å². The second-order valence-electron chi connectivity index (χ2n) is 9.31. The van der Waals surface area contributed by atoms with Gasteiger partial charge in [-0.1, -0.05) is 19.4 Å². The molecular formula is C20H30O3. The summed E-state index contributed by atoms with van der Waals surface area (Å²) < 4.78 is 0. The first kappa shape index (κ1) is 15.7. The molecule has 0 aromatic rings. The lowest BCUT2D eigenvalue weighted by Crippen LogP contribution is -2.58. The van der Waals surface area contributed by atoms with Gasteiger partial charge in [0.15, 0.2) is 0 Å². The molecule has 128 valence electrons. The quantitative estimate of drug-likeness (QED) is 0.756. The number of carbonyl (C=O) groups is 1. The highest BCUT2D eigenvalue weighted by Gasteiger charge is 2.64. The zero-order valence-corrected chi connectivity index (χ0v) is 14.5. The number of aliphatic carboxylic acids is 1. The second-order valence-corrected chi connectivity index (χ2v) is 9.31. The molecule has 2 bridgehead atoms. The van der Waals surface area contributed by atoms with Gasteiger partial charge in [0.05, 0.1) is 12.0 Å². The van der Waals surface area contributed by atoms with Crippen LogP contribution in [0.2, 0.25) is 0 Å². The van der Waals surface area contributed by atoms with Crippen LogP contribution in [0.15, 0.2) is 11.6 Å². The molecule has 1 spiro atoms. The lowest BCUT2D eigenvalue weighted by molar-refractivity contribution is -0.177. The van der Waals surface area contributed by atoms with Crippen LogP contribution in [-0.4, -0.2) is 22.8 Å². The van der Waals surface area contributed by atoms with Gasteiger partial charge >= 0.3 is 5.97 Å². The summed E-state index contributed by atoms with van der Waals surface area (Å²) in [6, 6.07) is 0. The van der Waals surface area contributed by atoms with E-state index in [1.807, 2.05) is 6.92 Å². The summed E-state index contributed by atoms with van der Waals surface area (Å²) in [5.41, 5.74) is 1.12. The number of allylic oxidation sites excluding steroid dienone is 1. The lowest BCUT2D eigenvalue weighted by Gasteiger charge is -2.63. The summed E-state index contributed by atoms with van der Waals surface area (Å²) in [6.45, 7) is 4.62. The molecule has 3 heteroatoms. The van der Waals surface area contributed by atoms with Crippen molar-refractivity contribution in [2.24, 2.45) is 34.0 Å². The van der Waals surface area contributed by atoms with Crippen molar-refractivity contribution in [1.29, 1.82) is 0 Å². The van der Waals surface area contributed by atoms with Gasteiger partial charge in [0.25, 0.3) is 0 Å². The van der Waals surface area contributed by atoms with Gasteiger partial charge in [-0.05, 0) is 86.0 Å². The summed E-state index contributed by atoms with van der Waals surface area (Å²) in [6.07, 6.45) is 11.3. The third kappa shape index (κ3) is 1.89. The van der Waals surface area contributed by atoms with Crippen LogP contribution in [0.25, 0.3) is 0 Å². The third-order valence-electron chi connectivity index (χ3n) is 8.46. The fourth-order valence-corrected chi connectivity index (χ4v) is 7.48. The zero-order valence-electron chi connectivity index (χ0n) is 14.5. The number of hydrogen-bond donors (Lipinski definition) is 2. The normalized spacial score (nSPS) is 51.6. The van der Waals surface area contributed by atoms with Crippen molar-refractivity contribution in [1.82, 2.24) is 0 Å². The molecule has 3 saturated carbocycles. The fraction of sp³-hybridized carbons (Fsp3) is 0.850. The first-order valence-corrected chi connectivity index (χ1v) is 9.42. The van der Waals surface area contributed by atoms with Crippen LogP contribution in [0.1, 0.15) is 65.2 Å². The molecule has 1 unspecified atom stereocenters. The Balaban J connectivity index is 1.75. The predicted octanol–water partition coefficient (Wildman–Crippen LogP) is 4.01. The molecule has 0 aliphatic heterocycles. The van der Waals surface area contributed by atoms with E-state index in [2.05, 4.69) is 13.0 Å². The summed E-state index contributed by atoms with van der Waals surface area (Å²) in [5, 5.41) is 19.6. The predicted molar refractivity (Wildman–Crippen MR) is 88.9 cm³/mol. The minimum atomic E-state index is -0.587. The second kappa shape index (κ2) is 4.84. The first-order valence-electron chi connectivity index (χ1n) is 9.42. The van der Waals surface area contributed by atoms with Crippen LogP contribution in [0, 0.1) is 34.0 Å². The minimum absolute atomic E-state index is 0.149. The van der Waals surface area contributed by atoms with E-state index in [4.69, 9.17) is 0 Å². The molecule has 3 nitrogen and oxygen atoms in total. The molecule has 4 rings (SSSR count). The largest absolute Gasteiger partial charge is 0.481 e. The van der Waals surface area contributed by atoms with Crippen molar-refractivity contribution in [3.05, 3.63) is 11.6 Å². The molecule has 0 heterocycles. The van der Waals surface area contributed by atoms with Crippen molar-refractivity contribution < 1.29 is 15.0 Å². The molecule has 0 saturated heterocycles. The average molecular weight is 318 g/mol. The van der Waals surface area contributed by atoms with Crippen molar-refractivity contribution in [3.8, 4) is 0 Å². The molecule has 2 N–H and O–H groups in total.